The van der Waals surface area contributed by atoms with Crippen molar-refractivity contribution in [2.24, 2.45) is 0 Å². The standard InChI is InChI=1S/C20H21NO5/c1-14(20(24)21(2)3)26-18(22)13-25-17-11-9-16(10-12-17)19(23)15-7-5-4-6-8-15/h4-12,14H,13H2,1-3H3/t14-/m0/s1. The van der Waals surface area contributed by atoms with Gasteiger partial charge < -0.3 is 14.4 Å². The number of ether oxygens (including phenoxy) is 2. The number of esters is 1. The Hall–Kier alpha value is -3.15. The first kappa shape index (κ1) is 19.2. The second-order valence-electron chi connectivity index (χ2n) is 5.87. The quantitative estimate of drug-likeness (QED) is 0.563. The van der Waals surface area contributed by atoms with E-state index in [2.05, 4.69) is 0 Å². The van der Waals surface area contributed by atoms with Gasteiger partial charge in [-0.15, -0.1) is 0 Å². The predicted molar refractivity (Wildman–Crippen MR) is 96.1 cm³/mol. The van der Waals surface area contributed by atoms with E-state index in [1.54, 1.807) is 62.6 Å². The van der Waals surface area contributed by atoms with Crippen LogP contribution in [-0.2, 0) is 14.3 Å². The van der Waals surface area contributed by atoms with Gasteiger partial charge in [-0.2, -0.15) is 0 Å². The summed E-state index contributed by atoms with van der Waals surface area (Å²) in [5.41, 5.74) is 1.13. The van der Waals surface area contributed by atoms with Gasteiger partial charge in [0.25, 0.3) is 5.91 Å². The maximum absolute atomic E-state index is 12.3. The van der Waals surface area contributed by atoms with Crippen molar-refractivity contribution in [3.8, 4) is 5.75 Å². The topological polar surface area (TPSA) is 72.9 Å². The molecule has 1 amide bonds. The molecule has 0 aromatic heterocycles. The van der Waals surface area contributed by atoms with E-state index in [1.807, 2.05) is 6.07 Å². The Morgan fingerprint density at radius 3 is 2.08 bits per heavy atom. The van der Waals surface area contributed by atoms with Crippen LogP contribution in [-0.4, -0.2) is 49.4 Å². The van der Waals surface area contributed by atoms with Crippen LogP contribution in [0.2, 0.25) is 0 Å². The number of hydrogen-bond donors (Lipinski definition) is 0. The number of benzene rings is 2. The molecule has 0 aliphatic heterocycles. The normalized spacial score (nSPS) is 11.3. The average molecular weight is 355 g/mol. The van der Waals surface area contributed by atoms with E-state index >= 15 is 0 Å². The molecule has 0 aliphatic rings. The Morgan fingerprint density at radius 1 is 0.923 bits per heavy atom. The van der Waals surface area contributed by atoms with Crippen LogP contribution in [0.25, 0.3) is 0 Å². The van der Waals surface area contributed by atoms with Crippen molar-refractivity contribution in [1.29, 1.82) is 0 Å². The smallest absolute Gasteiger partial charge is 0.344 e. The average Bonchev–Trinajstić information content (AvgIpc) is 2.66. The largest absolute Gasteiger partial charge is 0.482 e. The summed E-state index contributed by atoms with van der Waals surface area (Å²) in [5, 5.41) is 0. The van der Waals surface area contributed by atoms with Crippen molar-refractivity contribution in [2.45, 2.75) is 13.0 Å². The maximum atomic E-state index is 12.3. The van der Waals surface area contributed by atoms with Crippen molar-refractivity contribution in [3.05, 3.63) is 65.7 Å². The number of carbonyl (C=O) groups is 3. The number of carbonyl (C=O) groups excluding carboxylic acids is 3. The summed E-state index contributed by atoms with van der Waals surface area (Å²) in [6.45, 7) is 1.18. The van der Waals surface area contributed by atoms with E-state index in [-0.39, 0.29) is 18.3 Å². The van der Waals surface area contributed by atoms with Gasteiger partial charge in [0.2, 0.25) is 0 Å². The first-order valence-electron chi connectivity index (χ1n) is 8.11. The van der Waals surface area contributed by atoms with Crippen molar-refractivity contribution in [1.82, 2.24) is 4.90 Å². The summed E-state index contributed by atoms with van der Waals surface area (Å²) in [6.07, 6.45) is -0.869. The molecule has 0 bridgehead atoms. The fourth-order valence-electron chi connectivity index (χ4n) is 2.25. The lowest BCUT2D eigenvalue weighted by atomic mass is 10.0. The fourth-order valence-corrected chi connectivity index (χ4v) is 2.25. The van der Waals surface area contributed by atoms with Crippen LogP contribution in [0.5, 0.6) is 5.75 Å². The Bertz CT molecular complexity index is 769. The lowest BCUT2D eigenvalue weighted by Gasteiger charge is -2.17. The van der Waals surface area contributed by atoms with Gasteiger partial charge >= 0.3 is 5.97 Å². The van der Waals surface area contributed by atoms with Gasteiger partial charge in [-0.3, -0.25) is 9.59 Å². The van der Waals surface area contributed by atoms with E-state index < -0.39 is 12.1 Å². The molecule has 6 heteroatoms. The van der Waals surface area contributed by atoms with Gasteiger partial charge in [-0.05, 0) is 31.2 Å². The molecule has 1 atom stereocenters. The minimum Gasteiger partial charge on any atom is -0.482 e. The third kappa shape index (κ3) is 5.17. The summed E-state index contributed by atoms with van der Waals surface area (Å²) in [7, 11) is 3.17. The van der Waals surface area contributed by atoms with Crippen molar-refractivity contribution >= 4 is 17.7 Å². The third-order valence-corrected chi connectivity index (χ3v) is 3.61. The summed E-state index contributed by atoms with van der Waals surface area (Å²) in [5.74, 6) is -0.606. The Kier molecular flexibility index (Phi) is 6.49. The molecule has 2 aromatic rings. The zero-order valence-corrected chi connectivity index (χ0v) is 15.0. The molecule has 0 radical (unpaired) electrons. The molecule has 6 nitrogen and oxygen atoms in total. The van der Waals surface area contributed by atoms with Crippen LogP contribution in [0, 0.1) is 0 Å². The summed E-state index contributed by atoms with van der Waals surface area (Å²) in [4.78, 5) is 37.1. The van der Waals surface area contributed by atoms with Gasteiger partial charge in [0.1, 0.15) is 5.75 Å². The molecule has 26 heavy (non-hydrogen) atoms. The van der Waals surface area contributed by atoms with Crippen molar-refractivity contribution in [2.75, 3.05) is 20.7 Å². The number of amides is 1. The summed E-state index contributed by atoms with van der Waals surface area (Å²) >= 11 is 0. The second kappa shape index (κ2) is 8.80. The van der Waals surface area contributed by atoms with E-state index in [0.29, 0.717) is 16.9 Å². The highest BCUT2D eigenvalue weighted by Gasteiger charge is 2.19. The number of rotatable bonds is 7. The van der Waals surface area contributed by atoms with Crippen LogP contribution in [0.1, 0.15) is 22.8 Å². The van der Waals surface area contributed by atoms with Crippen LogP contribution in [0.15, 0.2) is 54.6 Å². The van der Waals surface area contributed by atoms with Crippen LogP contribution < -0.4 is 4.74 Å². The van der Waals surface area contributed by atoms with E-state index in [9.17, 15) is 14.4 Å². The molecule has 0 fully saturated rings. The van der Waals surface area contributed by atoms with Gasteiger partial charge in [0, 0.05) is 25.2 Å². The molecule has 0 N–H and O–H groups in total. The van der Waals surface area contributed by atoms with E-state index in [4.69, 9.17) is 9.47 Å². The molecule has 0 unspecified atom stereocenters. The van der Waals surface area contributed by atoms with Gasteiger partial charge in [-0.25, -0.2) is 4.79 Å². The highest BCUT2D eigenvalue weighted by molar-refractivity contribution is 6.08. The lowest BCUT2D eigenvalue weighted by Crippen LogP contribution is -2.35. The predicted octanol–water partition coefficient (Wildman–Crippen LogP) is 2.32. The van der Waals surface area contributed by atoms with Gasteiger partial charge in [0.05, 0.1) is 0 Å². The highest BCUT2D eigenvalue weighted by atomic mass is 16.6. The van der Waals surface area contributed by atoms with Crippen LogP contribution >= 0.6 is 0 Å². The van der Waals surface area contributed by atoms with Crippen molar-refractivity contribution < 1.29 is 23.9 Å². The molecular formula is C20H21NO5. The van der Waals surface area contributed by atoms with E-state index in [1.165, 1.54) is 11.8 Å². The Morgan fingerprint density at radius 2 is 1.50 bits per heavy atom. The number of ketones is 1. The first-order chi connectivity index (χ1) is 12.4. The highest BCUT2D eigenvalue weighted by Crippen LogP contribution is 2.15. The van der Waals surface area contributed by atoms with Gasteiger partial charge in [-0.1, -0.05) is 30.3 Å². The number of hydrogen-bond acceptors (Lipinski definition) is 5. The Labute approximate surface area is 152 Å². The molecule has 0 saturated heterocycles. The zero-order valence-electron chi connectivity index (χ0n) is 15.0. The SMILES string of the molecule is C[C@H](OC(=O)COc1ccc(C(=O)c2ccccc2)cc1)C(=O)N(C)C. The minimum atomic E-state index is -0.869. The molecule has 0 saturated carbocycles. The molecule has 2 aromatic carbocycles. The first-order valence-corrected chi connectivity index (χ1v) is 8.11. The number of nitrogens with zero attached hydrogens (tertiary/aromatic N) is 1. The molecule has 0 aliphatic carbocycles. The fraction of sp³-hybridized carbons (Fsp3) is 0.250. The monoisotopic (exact) mass is 355 g/mol. The van der Waals surface area contributed by atoms with Crippen LogP contribution in [0.4, 0.5) is 0 Å². The molecule has 0 heterocycles. The second-order valence-corrected chi connectivity index (χ2v) is 5.87. The zero-order chi connectivity index (χ0) is 19.1. The number of likely N-dealkylation sites (N-methyl/N-ethyl adjacent to an activating group) is 1. The third-order valence-electron chi connectivity index (χ3n) is 3.61. The molecule has 0 spiro atoms. The molecule has 2 rings (SSSR count). The molecule has 136 valence electrons. The lowest BCUT2D eigenvalue weighted by molar-refractivity contribution is -0.159. The Balaban J connectivity index is 1.88. The van der Waals surface area contributed by atoms with Crippen LogP contribution in [0.3, 0.4) is 0 Å². The van der Waals surface area contributed by atoms with Gasteiger partial charge in [0.15, 0.2) is 18.5 Å². The minimum absolute atomic E-state index is 0.0902. The maximum Gasteiger partial charge on any atom is 0.344 e. The summed E-state index contributed by atoms with van der Waals surface area (Å²) < 4.78 is 10.3. The van der Waals surface area contributed by atoms with Crippen molar-refractivity contribution in [3.63, 3.8) is 0 Å². The molecular weight excluding hydrogens is 334 g/mol. The summed E-state index contributed by atoms with van der Waals surface area (Å²) in [6, 6.07) is 15.4. The van der Waals surface area contributed by atoms with E-state index in [0.717, 1.165) is 0 Å².